The Morgan fingerprint density at radius 2 is 2.41 bits per heavy atom. The van der Waals surface area contributed by atoms with Crippen LogP contribution in [0.4, 0.5) is 0 Å². The van der Waals surface area contributed by atoms with Crippen molar-refractivity contribution in [3.05, 3.63) is 41.3 Å². The summed E-state index contributed by atoms with van der Waals surface area (Å²) in [7, 11) is 1.85. The van der Waals surface area contributed by atoms with Crippen LogP contribution in [0.15, 0.2) is 34.4 Å². The van der Waals surface area contributed by atoms with Gasteiger partial charge < -0.3 is 9.84 Å². The third-order valence-corrected chi connectivity index (χ3v) is 3.90. The van der Waals surface area contributed by atoms with Crippen LogP contribution in [0.1, 0.15) is 17.8 Å². The number of amides is 1. The van der Waals surface area contributed by atoms with Gasteiger partial charge in [0.15, 0.2) is 5.82 Å². The Hall–Kier alpha value is -2.48. The molecule has 7 nitrogen and oxygen atoms in total. The third-order valence-electron chi connectivity index (χ3n) is 3.04. The maximum Gasteiger partial charge on any atom is 0.268 e. The van der Waals surface area contributed by atoms with E-state index in [2.05, 4.69) is 20.6 Å². The summed E-state index contributed by atoms with van der Waals surface area (Å²) >= 11 is 1.53. The standard InChI is InChI=1S/C14H15N5O2S/c1-19-9-10(7-16-19)4-5-13(20)15-8-12-17-14(21-18-12)11-3-2-6-22-11/h2-3,6-7,9H,4-5,8H2,1H3,(H,15,20). The van der Waals surface area contributed by atoms with E-state index >= 15 is 0 Å². The summed E-state index contributed by atoms with van der Waals surface area (Å²) in [5.41, 5.74) is 1.04. The van der Waals surface area contributed by atoms with Gasteiger partial charge in [0.2, 0.25) is 5.91 Å². The highest BCUT2D eigenvalue weighted by Gasteiger charge is 2.10. The minimum Gasteiger partial charge on any atom is -0.349 e. The van der Waals surface area contributed by atoms with Crippen molar-refractivity contribution in [3.8, 4) is 10.8 Å². The van der Waals surface area contributed by atoms with Gasteiger partial charge in [-0.15, -0.1) is 11.3 Å². The van der Waals surface area contributed by atoms with Crippen molar-refractivity contribution in [1.82, 2.24) is 25.2 Å². The van der Waals surface area contributed by atoms with Crippen LogP contribution in [0.25, 0.3) is 10.8 Å². The molecule has 3 aromatic heterocycles. The Kier molecular flexibility index (Phi) is 4.29. The van der Waals surface area contributed by atoms with Crippen LogP contribution in [0.5, 0.6) is 0 Å². The van der Waals surface area contributed by atoms with Crippen molar-refractivity contribution < 1.29 is 9.32 Å². The van der Waals surface area contributed by atoms with E-state index in [1.807, 2.05) is 30.8 Å². The summed E-state index contributed by atoms with van der Waals surface area (Å²) in [6.45, 7) is 0.265. The molecule has 0 atom stereocenters. The number of carbonyl (C=O) groups is 1. The zero-order valence-electron chi connectivity index (χ0n) is 12.0. The molecule has 0 saturated heterocycles. The van der Waals surface area contributed by atoms with E-state index in [9.17, 15) is 4.79 Å². The van der Waals surface area contributed by atoms with Crippen LogP contribution in [-0.4, -0.2) is 25.8 Å². The largest absolute Gasteiger partial charge is 0.349 e. The van der Waals surface area contributed by atoms with E-state index in [4.69, 9.17) is 4.52 Å². The summed E-state index contributed by atoms with van der Waals surface area (Å²) in [4.78, 5) is 17.0. The second-order valence-corrected chi connectivity index (χ2v) is 5.74. The van der Waals surface area contributed by atoms with Crippen LogP contribution in [-0.2, 0) is 24.8 Å². The van der Waals surface area contributed by atoms with Gasteiger partial charge in [-0.3, -0.25) is 9.48 Å². The first-order chi connectivity index (χ1) is 10.7. The maximum absolute atomic E-state index is 11.8. The molecule has 0 radical (unpaired) electrons. The average molecular weight is 317 g/mol. The maximum atomic E-state index is 11.8. The molecule has 114 valence electrons. The first-order valence-corrected chi connectivity index (χ1v) is 7.69. The molecule has 0 spiro atoms. The molecular formula is C14H15N5O2S. The van der Waals surface area contributed by atoms with Crippen molar-refractivity contribution in [3.63, 3.8) is 0 Å². The number of thiophene rings is 1. The molecular weight excluding hydrogens is 302 g/mol. The summed E-state index contributed by atoms with van der Waals surface area (Å²) in [5, 5.41) is 12.7. The Morgan fingerprint density at radius 3 is 3.14 bits per heavy atom. The lowest BCUT2D eigenvalue weighted by atomic mass is 10.2. The highest BCUT2D eigenvalue weighted by molar-refractivity contribution is 7.13. The first-order valence-electron chi connectivity index (χ1n) is 6.81. The zero-order chi connectivity index (χ0) is 15.4. The van der Waals surface area contributed by atoms with Crippen LogP contribution >= 0.6 is 11.3 Å². The molecule has 0 aliphatic rings. The Labute approximate surface area is 131 Å². The lowest BCUT2D eigenvalue weighted by Crippen LogP contribution is -2.23. The fourth-order valence-corrected chi connectivity index (χ4v) is 2.60. The molecule has 1 N–H and O–H groups in total. The Morgan fingerprint density at radius 1 is 1.50 bits per heavy atom. The fourth-order valence-electron chi connectivity index (χ4n) is 1.95. The molecule has 0 unspecified atom stereocenters. The van der Waals surface area contributed by atoms with Gasteiger partial charge in [0, 0.05) is 19.7 Å². The van der Waals surface area contributed by atoms with Crippen LogP contribution < -0.4 is 5.32 Å². The number of nitrogens with one attached hydrogen (secondary N) is 1. The van der Waals surface area contributed by atoms with Gasteiger partial charge in [0.1, 0.15) is 0 Å². The normalized spacial score (nSPS) is 10.8. The number of aryl methyl sites for hydroxylation is 2. The van der Waals surface area contributed by atoms with Crippen molar-refractivity contribution in [2.45, 2.75) is 19.4 Å². The smallest absolute Gasteiger partial charge is 0.268 e. The molecule has 0 aliphatic carbocycles. The van der Waals surface area contributed by atoms with Crippen LogP contribution in [0.2, 0.25) is 0 Å². The predicted octanol–water partition coefficient (Wildman–Crippen LogP) is 1.78. The monoisotopic (exact) mass is 317 g/mol. The molecule has 3 aromatic rings. The number of aromatic nitrogens is 4. The van der Waals surface area contributed by atoms with E-state index < -0.39 is 0 Å². The molecule has 3 rings (SSSR count). The number of hydrogen-bond donors (Lipinski definition) is 1. The molecule has 22 heavy (non-hydrogen) atoms. The third kappa shape index (κ3) is 3.59. The predicted molar refractivity (Wildman–Crippen MR) is 81.0 cm³/mol. The summed E-state index contributed by atoms with van der Waals surface area (Å²) in [5.74, 6) is 0.902. The number of hydrogen-bond acceptors (Lipinski definition) is 6. The van der Waals surface area contributed by atoms with Crippen molar-refractivity contribution in [2.75, 3.05) is 0 Å². The van der Waals surface area contributed by atoms with E-state index in [-0.39, 0.29) is 12.5 Å². The molecule has 0 bridgehead atoms. The summed E-state index contributed by atoms with van der Waals surface area (Å²) in [6.07, 6.45) is 4.73. The highest BCUT2D eigenvalue weighted by Crippen LogP contribution is 2.22. The molecule has 0 saturated carbocycles. The van der Waals surface area contributed by atoms with Crippen molar-refractivity contribution in [1.29, 1.82) is 0 Å². The van der Waals surface area contributed by atoms with Crippen LogP contribution in [0.3, 0.4) is 0 Å². The fraction of sp³-hybridized carbons (Fsp3) is 0.286. The van der Waals surface area contributed by atoms with Crippen molar-refractivity contribution >= 4 is 17.2 Å². The number of rotatable bonds is 6. The average Bonchev–Trinajstić information content (AvgIpc) is 3.23. The van der Waals surface area contributed by atoms with Gasteiger partial charge in [0.25, 0.3) is 5.89 Å². The van der Waals surface area contributed by atoms with E-state index in [0.717, 1.165) is 10.4 Å². The minimum absolute atomic E-state index is 0.0497. The zero-order valence-corrected chi connectivity index (χ0v) is 12.8. The quantitative estimate of drug-likeness (QED) is 0.749. The van der Waals surface area contributed by atoms with E-state index in [0.29, 0.717) is 24.6 Å². The SMILES string of the molecule is Cn1cc(CCC(=O)NCc2noc(-c3cccs3)n2)cn1. The topological polar surface area (TPSA) is 85.8 Å². The second-order valence-electron chi connectivity index (χ2n) is 4.79. The van der Waals surface area contributed by atoms with Gasteiger partial charge in [-0.25, -0.2) is 0 Å². The summed E-state index contributed by atoms with van der Waals surface area (Å²) < 4.78 is 6.88. The van der Waals surface area contributed by atoms with E-state index in [1.165, 1.54) is 11.3 Å². The molecule has 1 amide bonds. The molecule has 0 aromatic carbocycles. The number of carbonyl (C=O) groups excluding carboxylic acids is 1. The minimum atomic E-state index is -0.0497. The molecule has 0 fully saturated rings. The molecule has 8 heteroatoms. The lowest BCUT2D eigenvalue weighted by Gasteiger charge is -2.00. The van der Waals surface area contributed by atoms with Gasteiger partial charge in [-0.2, -0.15) is 10.1 Å². The summed E-state index contributed by atoms with van der Waals surface area (Å²) in [6, 6.07) is 3.83. The van der Waals surface area contributed by atoms with Gasteiger partial charge in [0.05, 0.1) is 17.6 Å². The van der Waals surface area contributed by atoms with Gasteiger partial charge >= 0.3 is 0 Å². The van der Waals surface area contributed by atoms with Crippen LogP contribution in [0, 0.1) is 0 Å². The molecule has 0 aliphatic heterocycles. The van der Waals surface area contributed by atoms with E-state index in [1.54, 1.807) is 10.9 Å². The van der Waals surface area contributed by atoms with Gasteiger partial charge in [-0.1, -0.05) is 11.2 Å². The Bertz CT molecular complexity index is 747. The highest BCUT2D eigenvalue weighted by atomic mass is 32.1. The van der Waals surface area contributed by atoms with Crippen molar-refractivity contribution in [2.24, 2.45) is 7.05 Å². The van der Waals surface area contributed by atoms with Gasteiger partial charge in [-0.05, 0) is 23.4 Å². The molecule has 3 heterocycles. The number of nitrogens with zero attached hydrogens (tertiary/aromatic N) is 4. The first kappa shape index (κ1) is 14.5. The second kappa shape index (κ2) is 6.52. The Balaban J connectivity index is 1.47. The lowest BCUT2D eigenvalue weighted by molar-refractivity contribution is -0.121.